The van der Waals surface area contributed by atoms with Gasteiger partial charge < -0.3 is 4.74 Å². The van der Waals surface area contributed by atoms with Crippen LogP contribution in [0.5, 0.6) is 5.75 Å². The van der Waals surface area contributed by atoms with Crippen molar-refractivity contribution in [1.82, 2.24) is 0 Å². The molecule has 0 saturated heterocycles. The van der Waals surface area contributed by atoms with Crippen molar-refractivity contribution in [2.45, 2.75) is 13.8 Å². The van der Waals surface area contributed by atoms with Crippen molar-refractivity contribution >= 4 is 12.0 Å². The summed E-state index contributed by atoms with van der Waals surface area (Å²) in [5, 5.41) is 0. The van der Waals surface area contributed by atoms with Crippen LogP contribution in [0.2, 0.25) is 0 Å². The second kappa shape index (κ2) is 7.95. The van der Waals surface area contributed by atoms with Crippen LogP contribution in [0.1, 0.15) is 19.4 Å². The summed E-state index contributed by atoms with van der Waals surface area (Å²) < 4.78 is 5.21. The van der Waals surface area contributed by atoms with Crippen LogP contribution >= 0.6 is 0 Å². The number of carbonyl (C=O) groups is 1. The minimum absolute atomic E-state index is 0.131. The molecular weight excluding hydrogens is 248 g/mol. The van der Waals surface area contributed by atoms with Crippen LogP contribution in [0.3, 0.4) is 0 Å². The molecule has 0 aliphatic rings. The standard InChI is InChI=1S/C18H20O2/c1-5-7-15(6-2)8-9-16-10-12-17(13-11-16)20-18(19)14(3)4/h5-14H,1-2H2,3-4H3/b9-8+,15-7+. The van der Waals surface area contributed by atoms with Crippen molar-refractivity contribution in [2.75, 3.05) is 0 Å². The number of hydrogen-bond donors (Lipinski definition) is 0. The molecule has 0 unspecified atom stereocenters. The second-order valence-corrected chi connectivity index (χ2v) is 4.58. The average Bonchev–Trinajstić information content (AvgIpc) is 2.44. The molecule has 0 amide bonds. The maximum absolute atomic E-state index is 11.5. The van der Waals surface area contributed by atoms with Gasteiger partial charge in [0.25, 0.3) is 0 Å². The summed E-state index contributed by atoms with van der Waals surface area (Å²) >= 11 is 0. The van der Waals surface area contributed by atoms with Crippen LogP contribution in [0.25, 0.3) is 6.08 Å². The highest BCUT2D eigenvalue weighted by Gasteiger charge is 2.08. The summed E-state index contributed by atoms with van der Waals surface area (Å²) in [5.41, 5.74) is 2.00. The Balaban J connectivity index is 2.74. The van der Waals surface area contributed by atoms with Gasteiger partial charge in [-0.25, -0.2) is 0 Å². The van der Waals surface area contributed by atoms with Gasteiger partial charge >= 0.3 is 5.97 Å². The quantitative estimate of drug-likeness (QED) is 0.429. The molecule has 0 fully saturated rings. The first-order valence-electron chi connectivity index (χ1n) is 6.51. The number of allylic oxidation sites excluding steroid dienone is 5. The lowest BCUT2D eigenvalue weighted by molar-refractivity contribution is -0.137. The lowest BCUT2D eigenvalue weighted by atomic mass is 10.1. The van der Waals surface area contributed by atoms with E-state index in [9.17, 15) is 4.79 Å². The molecule has 0 aliphatic carbocycles. The fraction of sp³-hybridized carbons (Fsp3) is 0.167. The minimum atomic E-state index is -0.226. The highest BCUT2D eigenvalue weighted by atomic mass is 16.5. The Labute approximate surface area is 120 Å². The highest BCUT2D eigenvalue weighted by Crippen LogP contribution is 2.15. The summed E-state index contributed by atoms with van der Waals surface area (Å²) in [5.74, 6) is 0.205. The molecule has 20 heavy (non-hydrogen) atoms. The predicted octanol–water partition coefficient (Wildman–Crippen LogP) is 4.56. The Kier molecular flexibility index (Phi) is 6.24. The fourth-order valence-electron chi connectivity index (χ4n) is 1.40. The molecule has 0 radical (unpaired) electrons. The zero-order valence-corrected chi connectivity index (χ0v) is 12.0. The molecule has 0 atom stereocenters. The zero-order chi connectivity index (χ0) is 15.0. The topological polar surface area (TPSA) is 26.3 Å². The number of hydrogen-bond acceptors (Lipinski definition) is 2. The molecule has 2 nitrogen and oxygen atoms in total. The third kappa shape index (κ3) is 5.11. The highest BCUT2D eigenvalue weighted by molar-refractivity contribution is 5.74. The maximum atomic E-state index is 11.5. The SMILES string of the molecule is C=C/C=C(C=C)/C=C/c1ccc(OC(=O)C(C)C)cc1. The Bertz CT molecular complexity index is 531. The Morgan fingerprint density at radius 2 is 1.85 bits per heavy atom. The Morgan fingerprint density at radius 3 is 2.35 bits per heavy atom. The van der Waals surface area contributed by atoms with E-state index in [2.05, 4.69) is 13.2 Å². The van der Waals surface area contributed by atoms with Gasteiger partial charge in [0.1, 0.15) is 5.75 Å². The van der Waals surface area contributed by atoms with Gasteiger partial charge in [0.2, 0.25) is 0 Å². The van der Waals surface area contributed by atoms with Gasteiger partial charge in [-0.3, -0.25) is 4.79 Å². The van der Waals surface area contributed by atoms with Gasteiger partial charge in [0, 0.05) is 0 Å². The number of esters is 1. The molecular formula is C18H20O2. The van der Waals surface area contributed by atoms with Crippen LogP contribution in [0.15, 0.2) is 67.3 Å². The van der Waals surface area contributed by atoms with Gasteiger partial charge in [-0.05, 0) is 23.3 Å². The molecule has 0 spiro atoms. The third-order valence-corrected chi connectivity index (χ3v) is 2.58. The van der Waals surface area contributed by atoms with E-state index in [1.807, 2.05) is 44.2 Å². The molecule has 1 aromatic carbocycles. The van der Waals surface area contributed by atoms with E-state index in [-0.39, 0.29) is 11.9 Å². The average molecular weight is 268 g/mol. The molecule has 2 heteroatoms. The first-order chi connectivity index (χ1) is 9.56. The summed E-state index contributed by atoms with van der Waals surface area (Å²) in [7, 11) is 0. The predicted molar refractivity (Wildman–Crippen MR) is 84.4 cm³/mol. The van der Waals surface area contributed by atoms with E-state index in [4.69, 9.17) is 4.74 Å². The summed E-state index contributed by atoms with van der Waals surface area (Å²) in [6.45, 7) is 11.0. The van der Waals surface area contributed by atoms with Crippen molar-refractivity contribution in [3.63, 3.8) is 0 Å². The number of benzene rings is 1. The van der Waals surface area contributed by atoms with Gasteiger partial charge in [-0.1, -0.05) is 69.5 Å². The van der Waals surface area contributed by atoms with Gasteiger partial charge in [0.15, 0.2) is 0 Å². The Morgan fingerprint density at radius 1 is 1.20 bits per heavy atom. The molecule has 1 rings (SSSR count). The van der Waals surface area contributed by atoms with Crippen LogP contribution in [0.4, 0.5) is 0 Å². The van der Waals surface area contributed by atoms with E-state index in [1.54, 1.807) is 24.3 Å². The normalized spacial score (nSPS) is 11.7. The molecule has 0 heterocycles. The van der Waals surface area contributed by atoms with Crippen LogP contribution in [-0.2, 0) is 4.79 Å². The molecule has 0 bridgehead atoms. The largest absolute Gasteiger partial charge is 0.426 e. The first kappa shape index (κ1) is 15.7. The van der Waals surface area contributed by atoms with Gasteiger partial charge in [-0.2, -0.15) is 0 Å². The minimum Gasteiger partial charge on any atom is -0.426 e. The van der Waals surface area contributed by atoms with Crippen molar-refractivity contribution in [1.29, 1.82) is 0 Å². The molecule has 0 saturated carbocycles. The van der Waals surface area contributed by atoms with E-state index >= 15 is 0 Å². The van der Waals surface area contributed by atoms with Crippen molar-refractivity contribution in [3.05, 3.63) is 72.9 Å². The van der Waals surface area contributed by atoms with Crippen molar-refractivity contribution < 1.29 is 9.53 Å². The Hall–Kier alpha value is -2.35. The van der Waals surface area contributed by atoms with E-state index < -0.39 is 0 Å². The third-order valence-electron chi connectivity index (χ3n) is 2.58. The second-order valence-electron chi connectivity index (χ2n) is 4.58. The van der Waals surface area contributed by atoms with Crippen molar-refractivity contribution in [3.8, 4) is 5.75 Å². The summed E-state index contributed by atoms with van der Waals surface area (Å²) in [6, 6.07) is 7.36. The van der Waals surface area contributed by atoms with E-state index in [0.717, 1.165) is 11.1 Å². The van der Waals surface area contributed by atoms with E-state index in [0.29, 0.717) is 5.75 Å². The van der Waals surface area contributed by atoms with E-state index in [1.165, 1.54) is 0 Å². The number of ether oxygens (including phenoxy) is 1. The maximum Gasteiger partial charge on any atom is 0.313 e. The van der Waals surface area contributed by atoms with Gasteiger partial charge in [-0.15, -0.1) is 0 Å². The molecule has 1 aromatic rings. The first-order valence-corrected chi connectivity index (χ1v) is 6.51. The van der Waals surface area contributed by atoms with Crippen LogP contribution in [-0.4, -0.2) is 5.97 Å². The smallest absolute Gasteiger partial charge is 0.313 e. The van der Waals surface area contributed by atoms with Crippen molar-refractivity contribution in [2.24, 2.45) is 5.92 Å². The van der Waals surface area contributed by atoms with Gasteiger partial charge in [0.05, 0.1) is 5.92 Å². The monoisotopic (exact) mass is 268 g/mol. The summed E-state index contributed by atoms with van der Waals surface area (Å²) in [6.07, 6.45) is 9.27. The van der Waals surface area contributed by atoms with Crippen LogP contribution in [0, 0.1) is 5.92 Å². The summed E-state index contributed by atoms with van der Waals surface area (Å²) in [4.78, 5) is 11.5. The number of rotatable bonds is 6. The van der Waals surface area contributed by atoms with Crippen LogP contribution < -0.4 is 4.74 Å². The number of carbonyl (C=O) groups excluding carboxylic acids is 1. The molecule has 0 aromatic heterocycles. The molecule has 0 N–H and O–H groups in total. The molecule has 104 valence electrons. The lowest BCUT2D eigenvalue weighted by Gasteiger charge is -2.06. The zero-order valence-electron chi connectivity index (χ0n) is 12.0. The molecule has 0 aliphatic heterocycles. The fourth-order valence-corrected chi connectivity index (χ4v) is 1.40. The lowest BCUT2D eigenvalue weighted by Crippen LogP contribution is -2.14.